The summed E-state index contributed by atoms with van der Waals surface area (Å²) in [4.78, 5) is 40.0. The van der Waals surface area contributed by atoms with Crippen LogP contribution in [0.4, 0.5) is 5.69 Å². The summed E-state index contributed by atoms with van der Waals surface area (Å²) in [5.41, 5.74) is 24.9. The molecule has 0 bridgehead atoms. The summed E-state index contributed by atoms with van der Waals surface area (Å²) in [6.45, 7) is 1.47. The van der Waals surface area contributed by atoms with Crippen LogP contribution >= 0.6 is 12.2 Å². The summed E-state index contributed by atoms with van der Waals surface area (Å²) in [5, 5.41) is 10.4. The second-order valence-electron chi connectivity index (χ2n) is 8.55. The highest BCUT2D eigenvalue weighted by Gasteiger charge is 2.13. The fraction of sp³-hybridized carbons (Fsp3) is 0.160. The average molecular weight is 548 g/mol. The van der Waals surface area contributed by atoms with Crippen molar-refractivity contribution in [1.82, 2.24) is 20.6 Å². The van der Waals surface area contributed by atoms with Crippen LogP contribution in [0, 0.1) is 0 Å². The van der Waals surface area contributed by atoms with Gasteiger partial charge < -0.3 is 48.9 Å². The van der Waals surface area contributed by atoms with Crippen molar-refractivity contribution in [2.45, 2.75) is 0 Å². The number of nitrogens with two attached hydrogens (primary N) is 4. The molecule has 0 saturated heterocycles. The standard InChI is InChI=1S/C25H29N11O2S/c26-24(27)32-7-5-30-21(37)14-2-4-17-15(9-14)11-19(35-17)22(38)34-16-3-1-13-10-20(36-18(13)12-16)23(39)31-6-8-33-25(28)29/h1-4,9-12,35-36H,5-8H2,(H,30,37)(H,31,39)(H,34,38)(H4,26,27,32)(H4,28,29,33). The van der Waals surface area contributed by atoms with E-state index in [1.165, 1.54) is 0 Å². The molecule has 2 aromatic carbocycles. The topological polar surface area (TPSA) is 231 Å². The molecule has 4 rings (SSSR count). The number of hydrogen-bond donors (Lipinski definition) is 9. The second-order valence-corrected chi connectivity index (χ2v) is 8.96. The van der Waals surface area contributed by atoms with E-state index in [1.807, 2.05) is 18.2 Å². The van der Waals surface area contributed by atoms with Gasteiger partial charge in [-0.3, -0.25) is 19.6 Å². The minimum Gasteiger partial charge on any atom is -0.373 e. The van der Waals surface area contributed by atoms with E-state index >= 15 is 0 Å². The number of thiocarbonyl (C=S) groups is 1. The molecule has 2 heterocycles. The summed E-state index contributed by atoms with van der Waals surface area (Å²) in [6, 6.07) is 14.3. The van der Waals surface area contributed by atoms with Crippen molar-refractivity contribution in [3.63, 3.8) is 0 Å². The number of carbonyl (C=O) groups is 2. The van der Waals surface area contributed by atoms with E-state index in [0.717, 1.165) is 27.5 Å². The van der Waals surface area contributed by atoms with Gasteiger partial charge in [0.1, 0.15) is 10.7 Å². The largest absolute Gasteiger partial charge is 0.373 e. The Bertz CT molecular complexity index is 1590. The Hall–Kier alpha value is -5.11. The van der Waals surface area contributed by atoms with Crippen molar-refractivity contribution in [2.75, 3.05) is 31.5 Å². The van der Waals surface area contributed by atoms with E-state index in [-0.39, 0.29) is 30.3 Å². The van der Waals surface area contributed by atoms with E-state index in [0.29, 0.717) is 41.6 Å². The van der Waals surface area contributed by atoms with E-state index in [4.69, 9.17) is 35.2 Å². The van der Waals surface area contributed by atoms with Gasteiger partial charge in [-0.2, -0.15) is 0 Å². The van der Waals surface area contributed by atoms with Crippen molar-refractivity contribution in [1.29, 1.82) is 0 Å². The number of fused-ring (bicyclic) bond motifs is 2. The van der Waals surface area contributed by atoms with Crippen molar-refractivity contribution in [3.05, 3.63) is 65.5 Å². The smallest absolute Gasteiger partial charge is 0.272 e. The van der Waals surface area contributed by atoms with Crippen molar-refractivity contribution < 1.29 is 9.59 Å². The molecule has 0 saturated carbocycles. The third-order valence-electron chi connectivity index (χ3n) is 5.64. The molecule has 0 atom stereocenters. The molecule has 0 aliphatic rings. The van der Waals surface area contributed by atoms with Crippen molar-refractivity contribution >= 4 is 68.4 Å². The molecule has 202 valence electrons. The van der Waals surface area contributed by atoms with Gasteiger partial charge in [0.2, 0.25) is 0 Å². The molecular weight excluding hydrogens is 518 g/mol. The number of anilines is 1. The summed E-state index contributed by atoms with van der Waals surface area (Å²) >= 11 is 5.43. The molecule has 0 spiro atoms. The first kappa shape index (κ1) is 26.9. The lowest BCUT2D eigenvalue weighted by molar-refractivity contribution is 0.0954. The summed E-state index contributed by atoms with van der Waals surface area (Å²) in [5.74, 6) is -0.593. The zero-order valence-corrected chi connectivity index (χ0v) is 21.7. The first-order valence-electron chi connectivity index (χ1n) is 11.9. The maximum atomic E-state index is 13.0. The second kappa shape index (κ2) is 12.0. The molecule has 13 N–H and O–H groups in total. The lowest BCUT2D eigenvalue weighted by Crippen LogP contribution is -2.28. The third kappa shape index (κ3) is 7.01. The SMILES string of the molecule is NC(N)=NCCNC(=O)c1ccc2[nH]c(C(=O)Nc3ccc4cc(C(=S)NCCN=C(N)N)[nH]c4c3)cc2c1. The molecule has 2 aromatic heterocycles. The predicted molar refractivity (Wildman–Crippen MR) is 158 cm³/mol. The minimum atomic E-state index is -0.322. The number of nitrogens with one attached hydrogen (secondary N) is 5. The Morgan fingerprint density at radius 2 is 1.41 bits per heavy atom. The number of H-pyrrole nitrogens is 2. The Morgan fingerprint density at radius 3 is 2.13 bits per heavy atom. The van der Waals surface area contributed by atoms with Gasteiger partial charge in [0, 0.05) is 46.1 Å². The van der Waals surface area contributed by atoms with Gasteiger partial charge in [-0.25, -0.2) is 0 Å². The molecule has 2 amide bonds. The highest BCUT2D eigenvalue weighted by atomic mass is 32.1. The lowest BCUT2D eigenvalue weighted by atomic mass is 10.1. The normalized spacial score (nSPS) is 10.7. The van der Waals surface area contributed by atoms with Crippen molar-refractivity contribution in [2.24, 2.45) is 32.9 Å². The fourth-order valence-corrected chi connectivity index (χ4v) is 4.04. The van der Waals surface area contributed by atoms with Crippen LogP contribution in [0.3, 0.4) is 0 Å². The fourth-order valence-electron chi connectivity index (χ4n) is 3.83. The van der Waals surface area contributed by atoms with Crippen LogP contribution in [0.25, 0.3) is 21.8 Å². The van der Waals surface area contributed by atoms with E-state index in [2.05, 4.69) is 35.9 Å². The first-order valence-corrected chi connectivity index (χ1v) is 12.3. The van der Waals surface area contributed by atoms with Crippen LogP contribution in [0.5, 0.6) is 0 Å². The van der Waals surface area contributed by atoms with Gasteiger partial charge in [-0.1, -0.05) is 18.3 Å². The van der Waals surface area contributed by atoms with E-state index in [1.54, 1.807) is 30.3 Å². The minimum absolute atomic E-state index is 0.0276. The van der Waals surface area contributed by atoms with Crippen LogP contribution in [0.1, 0.15) is 26.5 Å². The Morgan fingerprint density at radius 1 is 0.744 bits per heavy atom. The molecular formula is C25H29N11O2S. The number of hydrogen-bond acceptors (Lipinski definition) is 5. The summed E-state index contributed by atoms with van der Waals surface area (Å²) in [7, 11) is 0. The van der Waals surface area contributed by atoms with Crippen LogP contribution in [0.2, 0.25) is 0 Å². The molecule has 4 aromatic rings. The monoisotopic (exact) mass is 547 g/mol. The highest BCUT2D eigenvalue weighted by Crippen LogP contribution is 2.22. The number of carbonyl (C=O) groups excluding carboxylic acids is 2. The number of aromatic nitrogens is 2. The number of benzene rings is 2. The number of nitrogens with zero attached hydrogens (tertiary/aromatic N) is 2. The molecule has 14 heteroatoms. The van der Waals surface area contributed by atoms with Crippen LogP contribution in [-0.4, -0.2) is 64.9 Å². The average Bonchev–Trinajstić information content (AvgIpc) is 3.52. The molecule has 0 radical (unpaired) electrons. The van der Waals surface area contributed by atoms with Crippen LogP contribution in [-0.2, 0) is 0 Å². The van der Waals surface area contributed by atoms with Gasteiger partial charge in [0.25, 0.3) is 11.8 Å². The number of rotatable bonds is 10. The molecule has 0 unspecified atom stereocenters. The predicted octanol–water partition coefficient (Wildman–Crippen LogP) is 0.443. The maximum absolute atomic E-state index is 13.0. The number of amides is 2. The molecule has 13 nitrogen and oxygen atoms in total. The highest BCUT2D eigenvalue weighted by molar-refractivity contribution is 7.80. The van der Waals surface area contributed by atoms with Gasteiger partial charge in [-0.05, 0) is 42.5 Å². The quantitative estimate of drug-likeness (QED) is 0.0584. The van der Waals surface area contributed by atoms with Crippen LogP contribution in [0.15, 0.2) is 58.5 Å². The Kier molecular flexibility index (Phi) is 8.26. The Balaban J connectivity index is 1.40. The summed E-state index contributed by atoms with van der Waals surface area (Å²) < 4.78 is 0. The van der Waals surface area contributed by atoms with Crippen LogP contribution < -0.4 is 38.9 Å². The molecule has 0 fully saturated rings. The van der Waals surface area contributed by atoms with Gasteiger partial charge >= 0.3 is 0 Å². The van der Waals surface area contributed by atoms with Gasteiger partial charge in [-0.15, -0.1) is 0 Å². The Labute approximate surface area is 228 Å². The van der Waals surface area contributed by atoms with Crippen molar-refractivity contribution in [3.8, 4) is 0 Å². The zero-order valence-electron chi connectivity index (χ0n) is 20.9. The third-order valence-corrected chi connectivity index (χ3v) is 6.00. The number of guanidine groups is 2. The number of aliphatic imine (C=N–C) groups is 2. The van der Waals surface area contributed by atoms with Gasteiger partial charge in [0.05, 0.1) is 18.8 Å². The maximum Gasteiger partial charge on any atom is 0.272 e. The molecule has 0 aliphatic carbocycles. The number of aromatic amines is 2. The first-order chi connectivity index (χ1) is 18.7. The molecule has 39 heavy (non-hydrogen) atoms. The summed E-state index contributed by atoms with van der Waals surface area (Å²) in [6.07, 6.45) is 0. The lowest BCUT2D eigenvalue weighted by Gasteiger charge is -2.04. The van der Waals surface area contributed by atoms with Gasteiger partial charge in [0.15, 0.2) is 11.9 Å². The van der Waals surface area contributed by atoms with E-state index in [9.17, 15) is 9.59 Å². The van der Waals surface area contributed by atoms with E-state index < -0.39 is 0 Å². The zero-order chi connectivity index (χ0) is 27.9. The molecule has 0 aliphatic heterocycles.